The molecule has 1 aromatic carbocycles. The standard InChI is InChI=1S/C13H19N3O/c1-16(2)9-8-15-13(17)7-6-11-4-3-5-12(14)10-11/h3-7,10H,8-9,14H2,1-2H3,(H,15,17)/b7-6+. The fraction of sp³-hybridized carbons (Fsp3) is 0.308. The van der Waals surface area contributed by atoms with Gasteiger partial charge in [-0.05, 0) is 37.9 Å². The summed E-state index contributed by atoms with van der Waals surface area (Å²) >= 11 is 0. The van der Waals surface area contributed by atoms with Gasteiger partial charge in [0.1, 0.15) is 0 Å². The molecule has 0 atom stereocenters. The van der Waals surface area contributed by atoms with Crippen molar-refractivity contribution in [3.8, 4) is 0 Å². The van der Waals surface area contributed by atoms with Gasteiger partial charge in [0.15, 0.2) is 0 Å². The molecule has 1 amide bonds. The van der Waals surface area contributed by atoms with Crippen LogP contribution in [0.4, 0.5) is 5.69 Å². The quantitative estimate of drug-likeness (QED) is 0.588. The zero-order valence-corrected chi connectivity index (χ0v) is 10.3. The first-order chi connectivity index (χ1) is 8.08. The molecule has 0 fully saturated rings. The maximum atomic E-state index is 11.4. The zero-order chi connectivity index (χ0) is 12.7. The second kappa shape index (κ2) is 6.70. The lowest BCUT2D eigenvalue weighted by molar-refractivity contribution is -0.116. The van der Waals surface area contributed by atoms with Crippen molar-refractivity contribution in [2.24, 2.45) is 0 Å². The molecule has 0 aromatic heterocycles. The fourth-order valence-electron chi connectivity index (χ4n) is 1.30. The van der Waals surface area contributed by atoms with E-state index in [-0.39, 0.29) is 5.91 Å². The number of amides is 1. The van der Waals surface area contributed by atoms with Crippen molar-refractivity contribution in [3.05, 3.63) is 35.9 Å². The summed E-state index contributed by atoms with van der Waals surface area (Å²) in [6.45, 7) is 1.48. The predicted octanol–water partition coefficient (Wildman–Crippen LogP) is 0.960. The number of hydrogen-bond donors (Lipinski definition) is 2. The van der Waals surface area contributed by atoms with Crippen LogP contribution < -0.4 is 11.1 Å². The summed E-state index contributed by atoms with van der Waals surface area (Å²) in [5.41, 5.74) is 7.26. The van der Waals surface area contributed by atoms with Gasteiger partial charge in [0.2, 0.25) is 5.91 Å². The Hall–Kier alpha value is -1.81. The minimum atomic E-state index is -0.0886. The van der Waals surface area contributed by atoms with Crippen LogP contribution in [0.25, 0.3) is 6.08 Å². The summed E-state index contributed by atoms with van der Waals surface area (Å²) in [4.78, 5) is 13.5. The molecule has 3 N–H and O–H groups in total. The number of nitrogens with zero attached hydrogens (tertiary/aromatic N) is 1. The molecular formula is C13H19N3O. The monoisotopic (exact) mass is 233 g/mol. The summed E-state index contributed by atoms with van der Waals surface area (Å²) in [5, 5.41) is 2.80. The SMILES string of the molecule is CN(C)CCNC(=O)/C=C/c1cccc(N)c1. The number of carbonyl (C=O) groups excluding carboxylic acids is 1. The van der Waals surface area contributed by atoms with Crippen LogP contribution in [-0.2, 0) is 4.79 Å². The van der Waals surface area contributed by atoms with Crippen LogP contribution in [0.15, 0.2) is 30.3 Å². The Morgan fingerprint density at radius 2 is 2.24 bits per heavy atom. The topological polar surface area (TPSA) is 58.4 Å². The van der Waals surface area contributed by atoms with Crippen LogP contribution in [0.1, 0.15) is 5.56 Å². The molecule has 0 saturated carbocycles. The fourth-order valence-corrected chi connectivity index (χ4v) is 1.30. The van der Waals surface area contributed by atoms with Gasteiger partial charge in [-0.3, -0.25) is 4.79 Å². The lowest BCUT2D eigenvalue weighted by Crippen LogP contribution is -2.30. The Balaban J connectivity index is 2.40. The average molecular weight is 233 g/mol. The van der Waals surface area contributed by atoms with E-state index in [1.165, 1.54) is 6.08 Å². The van der Waals surface area contributed by atoms with Crippen molar-refractivity contribution in [2.45, 2.75) is 0 Å². The first-order valence-electron chi connectivity index (χ1n) is 5.54. The first kappa shape index (κ1) is 13.3. The molecule has 0 aliphatic rings. The van der Waals surface area contributed by atoms with Gasteiger partial charge in [-0.1, -0.05) is 12.1 Å². The summed E-state index contributed by atoms with van der Waals surface area (Å²) < 4.78 is 0. The molecular weight excluding hydrogens is 214 g/mol. The van der Waals surface area contributed by atoms with E-state index in [0.29, 0.717) is 12.2 Å². The maximum Gasteiger partial charge on any atom is 0.244 e. The summed E-state index contributed by atoms with van der Waals surface area (Å²) in [5.74, 6) is -0.0886. The van der Waals surface area contributed by atoms with Gasteiger partial charge in [0.05, 0.1) is 0 Å². The van der Waals surface area contributed by atoms with Gasteiger partial charge in [-0.2, -0.15) is 0 Å². The van der Waals surface area contributed by atoms with E-state index in [1.54, 1.807) is 6.08 Å². The van der Waals surface area contributed by atoms with E-state index in [1.807, 2.05) is 43.3 Å². The molecule has 0 unspecified atom stereocenters. The summed E-state index contributed by atoms with van der Waals surface area (Å²) in [6.07, 6.45) is 3.27. The lowest BCUT2D eigenvalue weighted by atomic mass is 10.2. The van der Waals surface area contributed by atoms with Crippen molar-refractivity contribution in [3.63, 3.8) is 0 Å². The minimum absolute atomic E-state index is 0.0886. The first-order valence-corrected chi connectivity index (χ1v) is 5.54. The molecule has 4 heteroatoms. The Bertz CT molecular complexity index is 399. The van der Waals surface area contributed by atoms with Crippen LogP contribution in [0.3, 0.4) is 0 Å². The normalized spacial score (nSPS) is 11.0. The molecule has 0 saturated heterocycles. The molecule has 92 valence electrons. The van der Waals surface area contributed by atoms with Gasteiger partial charge < -0.3 is 16.0 Å². The molecule has 0 aliphatic carbocycles. The summed E-state index contributed by atoms with van der Waals surface area (Å²) in [7, 11) is 3.93. The number of anilines is 1. The van der Waals surface area contributed by atoms with Crippen molar-refractivity contribution in [1.82, 2.24) is 10.2 Å². The van der Waals surface area contributed by atoms with E-state index < -0.39 is 0 Å². The molecule has 1 aromatic rings. The number of rotatable bonds is 5. The third-order valence-electron chi connectivity index (χ3n) is 2.20. The third-order valence-corrected chi connectivity index (χ3v) is 2.20. The largest absolute Gasteiger partial charge is 0.399 e. The highest BCUT2D eigenvalue weighted by molar-refractivity contribution is 5.91. The van der Waals surface area contributed by atoms with E-state index in [0.717, 1.165) is 12.1 Å². The van der Waals surface area contributed by atoms with Gasteiger partial charge in [0, 0.05) is 24.9 Å². The zero-order valence-electron chi connectivity index (χ0n) is 10.3. The van der Waals surface area contributed by atoms with Crippen LogP contribution in [-0.4, -0.2) is 38.0 Å². The second-order valence-corrected chi connectivity index (χ2v) is 4.10. The van der Waals surface area contributed by atoms with E-state index in [4.69, 9.17) is 5.73 Å². The smallest absolute Gasteiger partial charge is 0.244 e. The predicted molar refractivity (Wildman–Crippen MR) is 71.5 cm³/mol. The molecule has 17 heavy (non-hydrogen) atoms. The van der Waals surface area contributed by atoms with E-state index >= 15 is 0 Å². The number of likely N-dealkylation sites (N-methyl/N-ethyl adjacent to an activating group) is 1. The number of benzene rings is 1. The highest BCUT2D eigenvalue weighted by atomic mass is 16.1. The Kier molecular flexibility index (Phi) is 5.23. The van der Waals surface area contributed by atoms with E-state index in [2.05, 4.69) is 5.32 Å². The molecule has 0 radical (unpaired) electrons. The highest BCUT2D eigenvalue weighted by Crippen LogP contribution is 2.07. The molecule has 4 nitrogen and oxygen atoms in total. The number of carbonyl (C=O) groups is 1. The molecule has 1 rings (SSSR count). The Morgan fingerprint density at radius 3 is 2.88 bits per heavy atom. The third kappa shape index (κ3) is 5.73. The van der Waals surface area contributed by atoms with Crippen molar-refractivity contribution in [2.75, 3.05) is 32.9 Å². The van der Waals surface area contributed by atoms with Gasteiger partial charge in [-0.25, -0.2) is 0 Å². The van der Waals surface area contributed by atoms with E-state index in [9.17, 15) is 4.79 Å². The Morgan fingerprint density at radius 1 is 1.47 bits per heavy atom. The average Bonchev–Trinajstić information content (AvgIpc) is 2.26. The van der Waals surface area contributed by atoms with Crippen LogP contribution in [0.2, 0.25) is 0 Å². The van der Waals surface area contributed by atoms with Gasteiger partial charge in [-0.15, -0.1) is 0 Å². The van der Waals surface area contributed by atoms with Crippen molar-refractivity contribution < 1.29 is 4.79 Å². The Labute approximate surface area is 102 Å². The molecule has 0 aliphatic heterocycles. The summed E-state index contributed by atoms with van der Waals surface area (Å²) in [6, 6.07) is 7.40. The maximum absolute atomic E-state index is 11.4. The number of nitrogens with two attached hydrogens (primary N) is 1. The van der Waals surface area contributed by atoms with Crippen molar-refractivity contribution in [1.29, 1.82) is 0 Å². The second-order valence-electron chi connectivity index (χ2n) is 4.10. The van der Waals surface area contributed by atoms with Gasteiger partial charge in [0.25, 0.3) is 0 Å². The lowest BCUT2D eigenvalue weighted by Gasteiger charge is -2.08. The van der Waals surface area contributed by atoms with Crippen LogP contribution >= 0.6 is 0 Å². The van der Waals surface area contributed by atoms with Gasteiger partial charge >= 0.3 is 0 Å². The van der Waals surface area contributed by atoms with Crippen molar-refractivity contribution >= 4 is 17.7 Å². The molecule has 0 bridgehead atoms. The minimum Gasteiger partial charge on any atom is -0.399 e. The number of nitrogen functional groups attached to an aromatic ring is 1. The molecule has 0 heterocycles. The highest BCUT2D eigenvalue weighted by Gasteiger charge is 1.95. The van der Waals surface area contributed by atoms with Crippen LogP contribution in [0, 0.1) is 0 Å². The van der Waals surface area contributed by atoms with Crippen LogP contribution in [0.5, 0.6) is 0 Å². The molecule has 0 spiro atoms. The number of nitrogens with one attached hydrogen (secondary N) is 1. The number of hydrogen-bond acceptors (Lipinski definition) is 3.